The molecule has 0 aliphatic heterocycles. The van der Waals surface area contributed by atoms with Crippen LogP contribution in [0.4, 0.5) is 14.5 Å². The fraction of sp³-hybridized carbons (Fsp3) is 0.0500. The average molecular weight is 380 g/mol. The lowest BCUT2D eigenvalue weighted by molar-refractivity contribution is 0.0988. The summed E-state index contributed by atoms with van der Waals surface area (Å²) in [7, 11) is 0. The van der Waals surface area contributed by atoms with Crippen LogP contribution in [-0.4, -0.2) is 20.8 Å². The van der Waals surface area contributed by atoms with Crippen LogP contribution in [0.5, 0.6) is 0 Å². The van der Waals surface area contributed by atoms with Crippen molar-refractivity contribution in [2.75, 3.05) is 5.32 Å². The lowest BCUT2D eigenvalue weighted by atomic mass is 10.1. The molecule has 0 aliphatic carbocycles. The van der Waals surface area contributed by atoms with Crippen molar-refractivity contribution >= 4 is 11.6 Å². The van der Waals surface area contributed by atoms with Gasteiger partial charge < -0.3 is 9.84 Å². The third-order valence-electron chi connectivity index (χ3n) is 4.06. The van der Waals surface area contributed by atoms with Gasteiger partial charge in [-0.3, -0.25) is 9.48 Å². The van der Waals surface area contributed by atoms with Crippen molar-refractivity contribution in [3.05, 3.63) is 89.9 Å². The van der Waals surface area contributed by atoms with Gasteiger partial charge in [-0.15, -0.1) is 0 Å². The lowest BCUT2D eigenvalue weighted by Gasteiger charge is -2.02. The van der Waals surface area contributed by atoms with Crippen molar-refractivity contribution in [3.63, 3.8) is 0 Å². The van der Waals surface area contributed by atoms with Crippen molar-refractivity contribution < 1.29 is 18.1 Å². The van der Waals surface area contributed by atoms with Crippen molar-refractivity contribution in [2.45, 2.75) is 6.54 Å². The number of halogens is 2. The summed E-state index contributed by atoms with van der Waals surface area (Å²) < 4.78 is 33.3. The van der Waals surface area contributed by atoms with Gasteiger partial charge in [0.15, 0.2) is 0 Å². The molecule has 0 saturated heterocycles. The Kier molecular flexibility index (Phi) is 4.67. The number of benzene rings is 2. The van der Waals surface area contributed by atoms with E-state index >= 15 is 0 Å². The highest BCUT2D eigenvalue weighted by molar-refractivity contribution is 6.02. The van der Waals surface area contributed by atoms with Gasteiger partial charge >= 0.3 is 0 Å². The Bertz CT molecular complexity index is 1120. The van der Waals surface area contributed by atoms with E-state index in [9.17, 15) is 13.6 Å². The molecule has 4 rings (SSSR count). The average Bonchev–Trinajstić information content (AvgIpc) is 3.34. The maximum Gasteiger partial charge on any atom is 0.294 e. The van der Waals surface area contributed by atoms with E-state index in [-0.39, 0.29) is 23.9 Å². The summed E-state index contributed by atoms with van der Waals surface area (Å²) in [6, 6.07) is 13.6. The zero-order valence-corrected chi connectivity index (χ0v) is 14.5. The molecule has 0 unspecified atom stereocenters. The summed E-state index contributed by atoms with van der Waals surface area (Å²) in [5.74, 6) is -1.19. The Morgan fingerprint density at radius 2 is 1.89 bits per heavy atom. The minimum Gasteiger partial charge on any atom is -0.350 e. The van der Waals surface area contributed by atoms with E-state index < -0.39 is 5.91 Å². The van der Waals surface area contributed by atoms with Crippen LogP contribution in [0.2, 0.25) is 0 Å². The van der Waals surface area contributed by atoms with Crippen molar-refractivity contribution in [1.29, 1.82) is 0 Å². The fourth-order valence-electron chi connectivity index (χ4n) is 2.65. The highest BCUT2D eigenvalue weighted by Gasteiger charge is 2.15. The first-order valence-electron chi connectivity index (χ1n) is 8.38. The molecule has 0 saturated carbocycles. The minimum absolute atomic E-state index is 0.00109. The second-order valence-corrected chi connectivity index (χ2v) is 6.06. The van der Waals surface area contributed by atoms with Gasteiger partial charge in [0, 0.05) is 23.4 Å². The zero-order chi connectivity index (χ0) is 19.5. The van der Waals surface area contributed by atoms with Crippen LogP contribution < -0.4 is 5.32 Å². The quantitative estimate of drug-likeness (QED) is 0.565. The summed E-state index contributed by atoms with van der Waals surface area (Å²) in [5.41, 5.74) is 1.96. The zero-order valence-electron chi connectivity index (χ0n) is 14.5. The number of carbonyl (C=O) groups excluding carboxylic acids is 1. The lowest BCUT2D eigenvalue weighted by Crippen LogP contribution is -2.10. The number of hydrogen-bond acceptors (Lipinski definition) is 4. The van der Waals surface area contributed by atoms with Crippen LogP contribution in [0.1, 0.15) is 16.1 Å². The molecule has 140 valence electrons. The number of hydrogen-bond donors (Lipinski definition) is 1. The molecule has 0 aliphatic rings. The second-order valence-electron chi connectivity index (χ2n) is 6.06. The Balaban J connectivity index is 1.44. The van der Waals surface area contributed by atoms with Gasteiger partial charge in [0.2, 0.25) is 5.76 Å². The minimum atomic E-state index is -0.508. The van der Waals surface area contributed by atoms with E-state index in [0.717, 1.165) is 0 Å². The van der Waals surface area contributed by atoms with Gasteiger partial charge in [-0.2, -0.15) is 5.10 Å². The molecule has 1 N–H and O–H groups in total. The second kappa shape index (κ2) is 7.43. The van der Waals surface area contributed by atoms with Crippen molar-refractivity contribution in [1.82, 2.24) is 14.9 Å². The van der Waals surface area contributed by atoms with Gasteiger partial charge in [-0.05, 0) is 30.3 Å². The van der Waals surface area contributed by atoms with Crippen LogP contribution in [0.25, 0.3) is 11.3 Å². The Morgan fingerprint density at radius 1 is 1.11 bits per heavy atom. The predicted molar refractivity (Wildman–Crippen MR) is 97.6 cm³/mol. The maximum atomic E-state index is 13.7. The molecule has 6 nitrogen and oxygen atoms in total. The Labute approximate surface area is 158 Å². The molecule has 0 bridgehead atoms. The first-order chi connectivity index (χ1) is 13.6. The van der Waals surface area contributed by atoms with Crippen LogP contribution in [0.3, 0.4) is 0 Å². The van der Waals surface area contributed by atoms with Crippen molar-refractivity contribution in [3.8, 4) is 11.3 Å². The molecule has 8 heteroatoms. The van der Waals surface area contributed by atoms with E-state index in [1.807, 2.05) is 0 Å². The smallest absolute Gasteiger partial charge is 0.294 e. The first kappa shape index (κ1) is 17.6. The largest absolute Gasteiger partial charge is 0.350 e. The molecule has 2 heterocycles. The van der Waals surface area contributed by atoms with E-state index in [2.05, 4.69) is 15.6 Å². The number of carbonyl (C=O) groups is 1. The topological polar surface area (TPSA) is 73.0 Å². The number of rotatable bonds is 5. The van der Waals surface area contributed by atoms with Crippen LogP contribution in [0.15, 0.2) is 71.5 Å². The van der Waals surface area contributed by atoms with Gasteiger partial charge in [0.1, 0.15) is 17.3 Å². The van der Waals surface area contributed by atoms with Crippen LogP contribution in [-0.2, 0) is 6.54 Å². The maximum absolute atomic E-state index is 13.7. The summed E-state index contributed by atoms with van der Waals surface area (Å²) >= 11 is 0. The molecule has 28 heavy (non-hydrogen) atoms. The molecule has 0 spiro atoms. The summed E-state index contributed by atoms with van der Waals surface area (Å²) in [5, 5.41) is 10.6. The van der Waals surface area contributed by atoms with Crippen LogP contribution >= 0.6 is 0 Å². The van der Waals surface area contributed by atoms with Gasteiger partial charge in [0.25, 0.3) is 5.91 Å². The molecule has 0 radical (unpaired) electrons. The molecule has 2 aromatic heterocycles. The number of anilines is 1. The number of amides is 1. The highest BCUT2D eigenvalue weighted by Crippen LogP contribution is 2.20. The molecular formula is C20H14F2N4O2. The van der Waals surface area contributed by atoms with Crippen molar-refractivity contribution in [2.24, 2.45) is 0 Å². The van der Waals surface area contributed by atoms with Gasteiger partial charge in [-0.25, -0.2) is 8.78 Å². The number of nitrogens with one attached hydrogen (secondary N) is 1. The van der Waals surface area contributed by atoms with Gasteiger partial charge in [-0.1, -0.05) is 23.4 Å². The molecule has 0 fully saturated rings. The monoisotopic (exact) mass is 380 g/mol. The Hall–Kier alpha value is -3.81. The number of nitrogens with zero attached hydrogens (tertiary/aromatic N) is 3. The van der Waals surface area contributed by atoms with Gasteiger partial charge in [0.05, 0.1) is 18.4 Å². The Morgan fingerprint density at radius 3 is 2.68 bits per heavy atom. The summed E-state index contributed by atoms with van der Waals surface area (Å²) in [4.78, 5) is 12.3. The number of aromatic nitrogens is 3. The SMILES string of the molecule is O=C(Nc1cnn(Cc2ccccc2F)c1)c1cc(-c2ccc(F)cc2)no1. The van der Waals surface area contributed by atoms with E-state index in [0.29, 0.717) is 22.5 Å². The van der Waals surface area contributed by atoms with Crippen LogP contribution in [0, 0.1) is 11.6 Å². The molecule has 1 amide bonds. The van der Waals surface area contributed by atoms with E-state index in [1.54, 1.807) is 36.5 Å². The first-order valence-corrected chi connectivity index (χ1v) is 8.38. The molecule has 2 aromatic carbocycles. The third kappa shape index (κ3) is 3.80. The standard InChI is InChI=1S/C20H14F2N4O2/c21-15-7-5-13(6-8-15)18-9-19(28-25-18)20(27)24-16-10-23-26(12-16)11-14-3-1-2-4-17(14)22/h1-10,12H,11H2,(H,24,27). The highest BCUT2D eigenvalue weighted by atomic mass is 19.1. The molecular weight excluding hydrogens is 366 g/mol. The normalized spacial score (nSPS) is 10.8. The molecule has 0 atom stereocenters. The van der Waals surface area contributed by atoms with E-state index in [4.69, 9.17) is 4.52 Å². The van der Waals surface area contributed by atoms with E-state index in [1.165, 1.54) is 35.1 Å². The summed E-state index contributed by atoms with van der Waals surface area (Å²) in [6.07, 6.45) is 3.04. The predicted octanol–water partition coefficient (Wildman–Crippen LogP) is 4.12. The fourth-order valence-corrected chi connectivity index (χ4v) is 2.65. The third-order valence-corrected chi connectivity index (χ3v) is 4.06. The summed E-state index contributed by atoms with van der Waals surface area (Å²) in [6.45, 7) is 0.236. The molecule has 4 aromatic rings.